The van der Waals surface area contributed by atoms with Crippen molar-refractivity contribution >= 4 is 11.3 Å². The second kappa shape index (κ2) is 6.59. The van der Waals surface area contributed by atoms with Crippen LogP contribution in [0.3, 0.4) is 0 Å². The van der Waals surface area contributed by atoms with Crippen LogP contribution in [0.2, 0.25) is 0 Å². The largest absolute Gasteiger partial charge is 0.497 e. The topological polar surface area (TPSA) is 80.4 Å². The SMILES string of the molecule is COc1cccc(-c2ncc(-c3nccn3[C@@H]3CC[C@@H](O)[C@H]3O)s2)c1. The maximum absolute atomic E-state index is 10.2. The van der Waals surface area contributed by atoms with Crippen molar-refractivity contribution in [2.75, 3.05) is 7.11 Å². The van der Waals surface area contributed by atoms with Gasteiger partial charge in [-0.05, 0) is 25.0 Å². The summed E-state index contributed by atoms with van der Waals surface area (Å²) < 4.78 is 7.22. The van der Waals surface area contributed by atoms with E-state index in [-0.39, 0.29) is 6.04 Å². The molecule has 0 radical (unpaired) electrons. The highest BCUT2D eigenvalue weighted by atomic mass is 32.1. The molecule has 3 atom stereocenters. The molecule has 3 aromatic rings. The molecule has 1 aliphatic rings. The minimum Gasteiger partial charge on any atom is -0.497 e. The molecule has 7 heteroatoms. The van der Waals surface area contributed by atoms with Gasteiger partial charge in [-0.2, -0.15) is 0 Å². The van der Waals surface area contributed by atoms with Gasteiger partial charge in [0.2, 0.25) is 0 Å². The lowest BCUT2D eigenvalue weighted by Gasteiger charge is -2.19. The Morgan fingerprint density at radius 3 is 2.88 bits per heavy atom. The Labute approximate surface area is 149 Å². The van der Waals surface area contributed by atoms with Crippen molar-refractivity contribution in [1.29, 1.82) is 0 Å². The molecule has 1 aromatic carbocycles. The fourth-order valence-corrected chi connectivity index (χ4v) is 4.20. The number of hydrogen-bond donors (Lipinski definition) is 2. The second-order valence-corrected chi connectivity index (χ2v) is 7.15. The van der Waals surface area contributed by atoms with E-state index >= 15 is 0 Å². The molecule has 0 unspecified atom stereocenters. The summed E-state index contributed by atoms with van der Waals surface area (Å²) in [5.41, 5.74) is 0.991. The lowest BCUT2D eigenvalue weighted by atomic mass is 10.2. The number of imidazole rings is 1. The van der Waals surface area contributed by atoms with E-state index in [1.54, 1.807) is 30.8 Å². The number of methoxy groups -OCH3 is 1. The van der Waals surface area contributed by atoms with Crippen molar-refractivity contribution in [1.82, 2.24) is 14.5 Å². The Hall–Kier alpha value is -2.22. The number of nitrogens with zero attached hydrogens (tertiary/aromatic N) is 3. The van der Waals surface area contributed by atoms with Crippen molar-refractivity contribution in [2.45, 2.75) is 31.1 Å². The van der Waals surface area contributed by atoms with Crippen LogP contribution in [0.1, 0.15) is 18.9 Å². The molecule has 2 aromatic heterocycles. The highest BCUT2D eigenvalue weighted by molar-refractivity contribution is 7.18. The minimum absolute atomic E-state index is 0.158. The maximum Gasteiger partial charge on any atom is 0.152 e. The highest BCUT2D eigenvalue weighted by Crippen LogP contribution is 2.37. The van der Waals surface area contributed by atoms with Gasteiger partial charge in [-0.25, -0.2) is 9.97 Å². The van der Waals surface area contributed by atoms with Gasteiger partial charge in [0.1, 0.15) is 16.9 Å². The number of aliphatic hydroxyl groups is 2. The molecular formula is C18H19N3O3S. The lowest BCUT2D eigenvalue weighted by Crippen LogP contribution is -2.27. The molecule has 0 saturated heterocycles. The fourth-order valence-electron chi connectivity index (χ4n) is 3.28. The van der Waals surface area contributed by atoms with Gasteiger partial charge < -0.3 is 19.5 Å². The van der Waals surface area contributed by atoms with Crippen molar-refractivity contribution < 1.29 is 14.9 Å². The summed E-state index contributed by atoms with van der Waals surface area (Å²) >= 11 is 1.54. The Morgan fingerprint density at radius 2 is 2.12 bits per heavy atom. The second-order valence-electron chi connectivity index (χ2n) is 6.12. The smallest absolute Gasteiger partial charge is 0.152 e. The van der Waals surface area contributed by atoms with Crippen molar-refractivity contribution in [3.05, 3.63) is 42.9 Å². The maximum atomic E-state index is 10.2. The molecule has 0 amide bonds. The number of aromatic nitrogens is 3. The summed E-state index contributed by atoms with van der Waals surface area (Å²) in [6.07, 6.45) is 5.27. The van der Waals surface area contributed by atoms with Crippen LogP contribution in [0.5, 0.6) is 5.75 Å². The number of ether oxygens (including phenoxy) is 1. The minimum atomic E-state index is -0.765. The zero-order valence-electron chi connectivity index (χ0n) is 13.7. The van der Waals surface area contributed by atoms with E-state index in [1.165, 1.54) is 0 Å². The van der Waals surface area contributed by atoms with E-state index in [0.29, 0.717) is 6.42 Å². The van der Waals surface area contributed by atoms with E-state index in [4.69, 9.17) is 4.74 Å². The number of aliphatic hydroxyl groups excluding tert-OH is 2. The van der Waals surface area contributed by atoms with Crippen LogP contribution in [-0.2, 0) is 0 Å². The highest BCUT2D eigenvalue weighted by Gasteiger charge is 2.35. The summed E-state index contributed by atoms with van der Waals surface area (Å²) in [4.78, 5) is 9.89. The first-order valence-corrected chi connectivity index (χ1v) is 8.98. The third-order valence-corrected chi connectivity index (χ3v) is 5.66. The lowest BCUT2D eigenvalue weighted by molar-refractivity contribution is 0.0238. The Kier molecular flexibility index (Phi) is 4.29. The summed E-state index contributed by atoms with van der Waals surface area (Å²) in [5, 5.41) is 20.9. The molecule has 0 spiro atoms. The van der Waals surface area contributed by atoms with Crippen LogP contribution >= 0.6 is 11.3 Å². The van der Waals surface area contributed by atoms with Crippen LogP contribution in [-0.4, -0.2) is 44.1 Å². The van der Waals surface area contributed by atoms with Gasteiger partial charge in [0, 0.05) is 24.2 Å². The molecule has 25 heavy (non-hydrogen) atoms. The first-order valence-electron chi connectivity index (χ1n) is 8.17. The molecule has 4 rings (SSSR count). The van der Waals surface area contributed by atoms with Gasteiger partial charge in [0.15, 0.2) is 5.82 Å². The van der Waals surface area contributed by atoms with Gasteiger partial charge in [-0.1, -0.05) is 12.1 Å². The van der Waals surface area contributed by atoms with Crippen LogP contribution in [0.15, 0.2) is 42.9 Å². The Balaban J connectivity index is 1.66. The number of rotatable bonds is 4. The average molecular weight is 357 g/mol. The molecule has 1 fully saturated rings. The van der Waals surface area contributed by atoms with E-state index in [1.807, 2.05) is 35.0 Å². The molecule has 2 N–H and O–H groups in total. The third-order valence-electron chi connectivity index (χ3n) is 4.62. The fraction of sp³-hybridized carbons (Fsp3) is 0.333. The Morgan fingerprint density at radius 1 is 1.24 bits per heavy atom. The van der Waals surface area contributed by atoms with E-state index in [2.05, 4.69) is 9.97 Å². The normalized spacial score (nSPS) is 23.1. The Bertz CT molecular complexity index is 876. The first kappa shape index (κ1) is 16.3. The standard InChI is InChI=1S/C18H19N3O3S/c1-24-12-4-2-3-11(9-12)18-20-10-15(25-18)17-19-7-8-21(17)13-5-6-14(22)16(13)23/h2-4,7-10,13-14,16,22-23H,5-6H2,1H3/t13-,14-,16+/m1/s1. The summed E-state index contributed by atoms with van der Waals surface area (Å²) in [7, 11) is 1.64. The molecular weight excluding hydrogens is 338 g/mol. The predicted molar refractivity (Wildman–Crippen MR) is 95.6 cm³/mol. The quantitative estimate of drug-likeness (QED) is 0.750. The molecule has 0 bridgehead atoms. The summed E-state index contributed by atoms with van der Waals surface area (Å²) in [6.45, 7) is 0. The first-order chi connectivity index (χ1) is 12.2. The van der Waals surface area contributed by atoms with Crippen LogP contribution < -0.4 is 4.74 Å². The van der Waals surface area contributed by atoms with E-state index in [0.717, 1.165) is 33.4 Å². The number of benzene rings is 1. The zero-order chi connectivity index (χ0) is 17.4. The van der Waals surface area contributed by atoms with Crippen LogP contribution in [0.4, 0.5) is 0 Å². The molecule has 2 heterocycles. The van der Waals surface area contributed by atoms with Crippen LogP contribution in [0.25, 0.3) is 21.3 Å². The molecule has 6 nitrogen and oxygen atoms in total. The molecule has 0 aliphatic heterocycles. The van der Waals surface area contributed by atoms with Crippen molar-refractivity contribution in [3.63, 3.8) is 0 Å². The van der Waals surface area contributed by atoms with E-state index < -0.39 is 12.2 Å². The number of thiazole rings is 1. The van der Waals surface area contributed by atoms with Gasteiger partial charge in [0.05, 0.1) is 24.1 Å². The van der Waals surface area contributed by atoms with Gasteiger partial charge >= 0.3 is 0 Å². The van der Waals surface area contributed by atoms with Gasteiger partial charge in [-0.15, -0.1) is 11.3 Å². The molecule has 130 valence electrons. The third kappa shape index (κ3) is 2.95. The van der Waals surface area contributed by atoms with E-state index in [9.17, 15) is 10.2 Å². The molecule has 1 saturated carbocycles. The van der Waals surface area contributed by atoms with Crippen LogP contribution in [0, 0.1) is 0 Å². The van der Waals surface area contributed by atoms with Gasteiger partial charge in [0.25, 0.3) is 0 Å². The number of hydrogen-bond acceptors (Lipinski definition) is 6. The summed E-state index contributed by atoms with van der Waals surface area (Å²) in [5.74, 6) is 1.56. The summed E-state index contributed by atoms with van der Waals surface area (Å²) in [6, 6.07) is 7.63. The average Bonchev–Trinajstić information content (AvgIpc) is 3.36. The zero-order valence-corrected chi connectivity index (χ0v) is 14.6. The van der Waals surface area contributed by atoms with Crippen molar-refractivity contribution in [3.8, 4) is 27.0 Å². The molecule has 1 aliphatic carbocycles. The van der Waals surface area contributed by atoms with Crippen molar-refractivity contribution in [2.24, 2.45) is 0 Å². The van der Waals surface area contributed by atoms with Gasteiger partial charge in [-0.3, -0.25) is 0 Å². The monoisotopic (exact) mass is 357 g/mol. The predicted octanol–water partition coefficient (Wildman–Crippen LogP) is 2.74.